The minimum atomic E-state index is -3.24. The number of quaternary nitrogens is 1. The summed E-state index contributed by atoms with van der Waals surface area (Å²) in [5, 5.41) is 20.6. The van der Waals surface area contributed by atoms with E-state index in [4.69, 9.17) is 10.5 Å². The van der Waals surface area contributed by atoms with Crippen LogP contribution in [-0.2, 0) is 41.9 Å². The van der Waals surface area contributed by atoms with Crippen molar-refractivity contribution in [2.24, 2.45) is 17.6 Å². The molecule has 0 spiro atoms. The van der Waals surface area contributed by atoms with Crippen molar-refractivity contribution in [2.75, 3.05) is 6.54 Å². The van der Waals surface area contributed by atoms with Crippen LogP contribution >= 0.6 is 0 Å². The van der Waals surface area contributed by atoms with Crippen LogP contribution in [0.25, 0.3) is 0 Å². The van der Waals surface area contributed by atoms with Gasteiger partial charge in [0.1, 0.15) is 30.4 Å². The van der Waals surface area contributed by atoms with Crippen molar-refractivity contribution >= 4 is 35.3 Å². The van der Waals surface area contributed by atoms with Crippen molar-refractivity contribution < 1.29 is 46.8 Å². The monoisotopic (exact) mass is 784 g/mol. The second kappa shape index (κ2) is 19.8. The Labute approximate surface area is 321 Å². The van der Waals surface area contributed by atoms with Gasteiger partial charge in [-0.15, -0.1) is 10.2 Å². The number of nitrogens with two attached hydrogens (primary N) is 1. The Balaban J connectivity index is 1.79. The number of likely N-dealkylation sites (tertiary alicyclic amines) is 1. The first-order valence-corrected chi connectivity index (χ1v) is 18.2. The standard InChI is InChI=1S/C36H47F2N11O7/c1-5-21(4)30(44-33(52)24(13-20(2)3)43-34(53)25-16-40-11-12-41-25)36(55)49(18-23(14-27(49)32(39)51)56-19-22-9-7-6-8-10-22)26(15-28(37)38)31(50)35(54)42-17-29-45-47-48-46-29/h6-12,16,20-21,23-24,26-28,30H,5,13-15,17-19H2,1-4H3,(H5-,39,42,43,44,45,46,47,48,51,52,53,54)/p+1/t21-,23+,24-,26-,27-,30-,49?/m0/s1. The number of carbonyl (C=O) groups excluding carboxylic acids is 6. The summed E-state index contributed by atoms with van der Waals surface area (Å²) in [6.07, 6.45) is -1.55. The molecule has 2 aromatic heterocycles. The van der Waals surface area contributed by atoms with Gasteiger partial charge in [0.25, 0.3) is 23.5 Å². The molecule has 7 atom stereocenters. The zero-order valence-corrected chi connectivity index (χ0v) is 31.6. The molecule has 0 bridgehead atoms. The molecule has 0 aliphatic carbocycles. The number of primary amides is 1. The van der Waals surface area contributed by atoms with Gasteiger partial charge < -0.3 is 26.4 Å². The summed E-state index contributed by atoms with van der Waals surface area (Å²) in [7, 11) is 0. The molecule has 302 valence electrons. The van der Waals surface area contributed by atoms with E-state index in [2.05, 4.69) is 46.5 Å². The highest BCUT2D eigenvalue weighted by atomic mass is 19.3. The largest absolute Gasteiger partial charge is 0.367 e. The molecule has 18 nitrogen and oxygen atoms in total. The number of Topliss-reactive ketones (excluding diaryl/α,β-unsaturated/α-hetero) is 1. The molecule has 4 rings (SSSR count). The number of aromatic amines is 1. The Morgan fingerprint density at radius 1 is 1.04 bits per heavy atom. The molecule has 5 amide bonds. The first-order valence-electron chi connectivity index (χ1n) is 18.2. The van der Waals surface area contributed by atoms with E-state index in [1.165, 1.54) is 18.6 Å². The molecule has 1 unspecified atom stereocenters. The molecule has 1 aliphatic rings. The van der Waals surface area contributed by atoms with E-state index in [-0.39, 0.29) is 43.3 Å². The molecule has 1 fully saturated rings. The Hall–Kier alpha value is -5.63. The van der Waals surface area contributed by atoms with Crippen LogP contribution < -0.4 is 21.7 Å². The highest BCUT2D eigenvalue weighted by Gasteiger charge is 2.64. The molecule has 1 aromatic carbocycles. The van der Waals surface area contributed by atoms with Crippen LogP contribution in [-0.4, -0.2) is 114 Å². The van der Waals surface area contributed by atoms with Gasteiger partial charge >= 0.3 is 5.91 Å². The maximum Gasteiger partial charge on any atom is 0.337 e. The summed E-state index contributed by atoms with van der Waals surface area (Å²) in [5.41, 5.74) is 6.60. The number of halogens is 2. The third-order valence-electron chi connectivity index (χ3n) is 9.80. The van der Waals surface area contributed by atoms with Gasteiger partial charge in [-0.25, -0.2) is 23.0 Å². The SMILES string of the molecule is CC[C@H](C)[C@H](NC(=O)[C@H](CC(C)C)NC(=O)c1cnccn1)C(=O)[N+]1([C@@H](CC(F)F)C(=O)C(=O)NCc2nn[nH]n2)C[C@H](OCc2ccccc2)C[C@H]1C(N)=O. The molecule has 3 heterocycles. The molecule has 0 saturated carbocycles. The number of aromatic nitrogens is 6. The van der Waals surface area contributed by atoms with Gasteiger partial charge in [-0.1, -0.05) is 69.7 Å². The van der Waals surface area contributed by atoms with Gasteiger partial charge in [-0.05, 0) is 23.8 Å². The maximum atomic E-state index is 15.3. The minimum Gasteiger partial charge on any atom is -0.367 e. The summed E-state index contributed by atoms with van der Waals surface area (Å²) in [5.74, 6) is -7.28. The van der Waals surface area contributed by atoms with Gasteiger partial charge in [0.15, 0.2) is 17.9 Å². The van der Waals surface area contributed by atoms with Crippen molar-refractivity contribution in [3.05, 3.63) is 66.0 Å². The first kappa shape index (κ1) is 43.1. The molecular formula is C36H48F2N11O7+. The number of H-pyrrole nitrogens is 1. The van der Waals surface area contributed by atoms with Gasteiger partial charge in [0, 0.05) is 18.8 Å². The van der Waals surface area contributed by atoms with Crippen LogP contribution in [0.15, 0.2) is 48.9 Å². The fourth-order valence-corrected chi connectivity index (χ4v) is 6.85. The predicted octanol–water partition coefficient (Wildman–Crippen LogP) is 0.761. The Morgan fingerprint density at radius 2 is 1.77 bits per heavy atom. The quantitative estimate of drug-likeness (QED) is 0.0787. The lowest BCUT2D eigenvalue weighted by atomic mass is 9.91. The molecule has 1 aliphatic heterocycles. The summed E-state index contributed by atoms with van der Waals surface area (Å²) in [4.78, 5) is 91.4. The van der Waals surface area contributed by atoms with Crippen LogP contribution in [0.1, 0.15) is 75.3 Å². The number of tetrazole rings is 1. The van der Waals surface area contributed by atoms with Crippen LogP contribution in [0, 0.1) is 11.8 Å². The van der Waals surface area contributed by atoms with Crippen molar-refractivity contribution in [2.45, 2.75) is 103 Å². The third kappa shape index (κ3) is 10.8. The number of nitrogens with one attached hydrogen (secondary N) is 4. The number of alkyl halides is 2. The van der Waals surface area contributed by atoms with Gasteiger partial charge in [-0.2, -0.15) is 5.21 Å². The molecule has 3 aromatic rings. The van der Waals surface area contributed by atoms with Crippen molar-refractivity contribution in [1.82, 2.24) is 46.5 Å². The second-order valence-electron chi connectivity index (χ2n) is 14.2. The Morgan fingerprint density at radius 3 is 2.36 bits per heavy atom. The van der Waals surface area contributed by atoms with Crippen LogP contribution in [0.4, 0.5) is 8.78 Å². The number of ketones is 1. The van der Waals surface area contributed by atoms with E-state index in [0.29, 0.717) is 0 Å². The molecule has 6 N–H and O–H groups in total. The number of rotatable bonds is 20. The summed E-state index contributed by atoms with van der Waals surface area (Å²) in [6, 6.07) is 2.37. The van der Waals surface area contributed by atoms with Gasteiger partial charge in [0.05, 0.1) is 25.8 Å². The highest BCUT2D eigenvalue weighted by molar-refractivity contribution is 6.38. The lowest BCUT2D eigenvalue weighted by Gasteiger charge is -2.44. The lowest BCUT2D eigenvalue weighted by Crippen LogP contribution is -2.73. The highest BCUT2D eigenvalue weighted by Crippen LogP contribution is 2.38. The van der Waals surface area contributed by atoms with Crippen molar-refractivity contribution in [1.29, 1.82) is 0 Å². The average Bonchev–Trinajstić information content (AvgIpc) is 3.86. The number of hydrogen-bond acceptors (Lipinski definition) is 12. The van der Waals surface area contributed by atoms with Gasteiger partial charge in [0.2, 0.25) is 12.3 Å². The van der Waals surface area contributed by atoms with E-state index < -0.39 is 102 Å². The third-order valence-corrected chi connectivity index (χ3v) is 9.80. The predicted molar refractivity (Wildman–Crippen MR) is 192 cm³/mol. The Kier molecular flexibility index (Phi) is 15.2. The Bertz CT molecular complexity index is 1800. The van der Waals surface area contributed by atoms with E-state index in [9.17, 15) is 32.8 Å². The molecule has 1 saturated heterocycles. The maximum absolute atomic E-state index is 15.3. The normalized spacial score (nSPS) is 20.1. The number of ether oxygens (including phenoxy) is 1. The van der Waals surface area contributed by atoms with E-state index in [1.54, 1.807) is 44.2 Å². The smallest absolute Gasteiger partial charge is 0.337 e. The molecular weight excluding hydrogens is 736 g/mol. The van der Waals surface area contributed by atoms with Crippen molar-refractivity contribution in [3.63, 3.8) is 0 Å². The summed E-state index contributed by atoms with van der Waals surface area (Å²) >= 11 is 0. The average molecular weight is 785 g/mol. The number of carbonyl (C=O) groups is 6. The zero-order valence-electron chi connectivity index (χ0n) is 31.6. The fraction of sp³-hybridized carbons (Fsp3) is 0.528. The van der Waals surface area contributed by atoms with Gasteiger partial charge in [-0.3, -0.25) is 29.0 Å². The van der Waals surface area contributed by atoms with E-state index >= 15 is 4.79 Å². The van der Waals surface area contributed by atoms with Crippen LogP contribution in [0.5, 0.6) is 0 Å². The van der Waals surface area contributed by atoms with Crippen LogP contribution in [0.3, 0.4) is 0 Å². The van der Waals surface area contributed by atoms with E-state index in [0.717, 1.165) is 5.56 Å². The van der Waals surface area contributed by atoms with Crippen LogP contribution in [0.2, 0.25) is 0 Å². The van der Waals surface area contributed by atoms with Crippen molar-refractivity contribution in [3.8, 4) is 0 Å². The molecule has 56 heavy (non-hydrogen) atoms. The fourth-order valence-electron chi connectivity index (χ4n) is 6.85. The number of nitrogens with zero attached hydrogens (tertiary/aromatic N) is 6. The number of amides is 5. The number of hydrogen-bond donors (Lipinski definition) is 5. The molecule has 0 radical (unpaired) electrons. The number of benzene rings is 1. The first-order chi connectivity index (χ1) is 26.7. The summed E-state index contributed by atoms with van der Waals surface area (Å²) < 4.78 is 34.0. The summed E-state index contributed by atoms with van der Waals surface area (Å²) in [6.45, 7) is 6.04. The lowest BCUT2D eigenvalue weighted by molar-refractivity contribution is -0.875. The minimum absolute atomic E-state index is 0.00226. The second-order valence-corrected chi connectivity index (χ2v) is 14.2. The zero-order chi connectivity index (χ0) is 41.0. The van der Waals surface area contributed by atoms with E-state index in [1.807, 2.05) is 13.8 Å². The molecule has 20 heteroatoms. The topological polar surface area (TPSA) is 254 Å².